The number of carbonyl (C=O) groups excluding carboxylic acids is 2. The Kier molecular flexibility index (Phi) is 6.08. The summed E-state index contributed by atoms with van der Waals surface area (Å²) in [4.78, 5) is 23.2. The molecule has 0 aliphatic rings. The van der Waals surface area contributed by atoms with Gasteiger partial charge in [-0.2, -0.15) is 5.10 Å². The molecule has 2 aromatic rings. The number of rotatable bonds is 6. The van der Waals surface area contributed by atoms with Crippen molar-refractivity contribution in [1.29, 1.82) is 0 Å². The maximum absolute atomic E-state index is 12.0. The number of benzene rings is 2. The fraction of sp³-hybridized carbons (Fsp3) is 0.118. The predicted octanol–water partition coefficient (Wildman–Crippen LogP) is 1.67. The molecule has 8 nitrogen and oxygen atoms in total. The van der Waals surface area contributed by atoms with Gasteiger partial charge in [-0.3, -0.25) is 14.8 Å². The van der Waals surface area contributed by atoms with E-state index < -0.39 is 11.8 Å². The summed E-state index contributed by atoms with van der Waals surface area (Å²) in [6.07, 6.45) is 1.41. The van der Waals surface area contributed by atoms with Crippen molar-refractivity contribution in [2.45, 2.75) is 6.92 Å². The first-order valence-corrected chi connectivity index (χ1v) is 7.39. The maximum atomic E-state index is 12.0. The molecule has 0 unspecified atom stereocenters. The molecule has 0 aromatic heterocycles. The minimum absolute atomic E-state index is 0.0232. The second-order valence-corrected chi connectivity index (χ2v) is 4.88. The highest BCUT2D eigenvalue weighted by molar-refractivity contribution is 5.97. The van der Waals surface area contributed by atoms with Crippen LogP contribution in [0.2, 0.25) is 0 Å². The Morgan fingerprint density at radius 1 is 1.12 bits per heavy atom. The largest absolute Gasteiger partial charge is 0.504 e. The van der Waals surface area contributed by atoms with Crippen LogP contribution in [-0.4, -0.2) is 34.9 Å². The van der Waals surface area contributed by atoms with Crippen molar-refractivity contribution in [1.82, 2.24) is 10.9 Å². The fourth-order valence-corrected chi connectivity index (χ4v) is 1.95. The number of nitrogens with zero attached hydrogens (tertiary/aromatic N) is 1. The van der Waals surface area contributed by atoms with E-state index in [0.29, 0.717) is 23.5 Å². The third-order valence-corrected chi connectivity index (χ3v) is 3.17. The number of ether oxygens (including phenoxy) is 1. The van der Waals surface area contributed by atoms with Crippen molar-refractivity contribution in [2.75, 3.05) is 6.61 Å². The smallest absolute Gasteiger partial charge is 0.274 e. The number of nitrogens with one attached hydrogen (secondary N) is 2. The fourth-order valence-electron chi connectivity index (χ4n) is 1.95. The zero-order valence-corrected chi connectivity index (χ0v) is 13.4. The maximum Gasteiger partial charge on any atom is 0.274 e. The first-order valence-electron chi connectivity index (χ1n) is 7.39. The molecular weight excluding hydrogens is 326 g/mol. The van der Waals surface area contributed by atoms with E-state index in [1.165, 1.54) is 42.0 Å². The molecule has 0 bridgehead atoms. The molecule has 2 aromatic carbocycles. The summed E-state index contributed by atoms with van der Waals surface area (Å²) in [5.41, 5.74) is 5.01. The standard InChI is InChI=1S/C17H17N3O5/c1-2-25-15-9-11(3-8-14(15)21)10-18-19-16(22)12-4-6-13(7-5-12)17(23)20-24/h3-10,21,24H,2H2,1H3,(H,19,22)(H,20,23)/b18-10+. The average Bonchev–Trinajstić information content (AvgIpc) is 2.64. The van der Waals surface area contributed by atoms with E-state index in [1.54, 1.807) is 19.1 Å². The van der Waals surface area contributed by atoms with Crippen molar-refractivity contribution >= 4 is 18.0 Å². The van der Waals surface area contributed by atoms with Crippen molar-refractivity contribution in [3.8, 4) is 11.5 Å². The van der Waals surface area contributed by atoms with Gasteiger partial charge in [0.2, 0.25) is 0 Å². The minimum Gasteiger partial charge on any atom is -0.504 e. The number of amides is 2. The Morgan fingerprint density at radius 3 is 2.36 bits per heavy atom. The SMILES string of the molecule is CCOc1cc(/C=N/NC(=O)c2ccc(C(=O)NO)cc2)ccc1O. The zero-order chi connectivity index (χ0) is 18.2. The van der Waals surface area contributed by atoms with Gasteiger partial charge < -0.3 is 9.84 Å². The number of phenolic OH excluding ortho intramolecular Hbond substituents is 1. The molecule has 0 aliphatic heterocycles. The minimum atomic E-state index is -0.664. The molecular formula is C17H17N3O5. The van der Waals surface area contributed by atoms with Crippen LogP contribution in [0, 0.1) is 0 Å². The van der Waals surface area contributed by atoms with Gasteiger partial charge in [0.05, 0.1) is 12.8 Å². The molecule has 0 aliphatic carbocycles. The Balaban J connectivity index is 2.00. The van der Waals surface area contributed by atoms with Crippen LogP contribution in [0.25, 0.3) is 0 Å². The lowest BCUT2D eigenvalue weighted by molar-refractivity contribution is 0.0706. The Labute approximate surface area is 143 Å². The van der Waals surface area contributed by atoms with Crippen LogP contribution in [0.5, 0.6) is 11.5 Å². The van der Waals surface area contributed by atoms with Crippen molar-refractivity contribution in [2.24, 2.45) is 5.10 Å². The number of hydrogen-bond acceptors (Lipinski definition) is 6. The van der Waals surface area contributed by atoms with E-state index in [-0.39, 0.29) is 11.3 Å². The molecule has 2 amide bonds. The highest BCUT2D eigenvalue weighted by atomic mass is 16.5. The number of aromatic hydroxyl groups is 1. The molecule has 25 heavy (non-hydrogen) atoms. The third kappa shape index (κ3) is 4.79. The summed E-state index contributed by atoms with van der Waals surface area (Å²) in [5, 5.41) is 22.0. The summed E-state index contributed by atoms with van der Waals surface area (Å²) in [5.74, 6) is -0.774. The van der Waals surface area contributed by atoms with Gasteiger partial charge in [0.1, 0.15) is 0 Å². The normalized spacial score (nSPS) is 10.5. The Morgan fingerprint density at radius 2 is 1.76 bits per heavy atom. The summed E-state index contributed by atoms with van der Waals surface area (Å²) in [6.45, 7) is 2.21. The lowest BCUT2D eigenvalue weighted by Gasteiger charge is -2.06. The number of hydrogen-bond donors (Lipinski definition) is 4. The molecule has 0 spiro atoms. The highest BCUT2D eigenvalue weighted by Crippen LogP contribution is 2.26. The van der Waals surface area contributed by atoms with E-state index in [2.05, 4.69) is 10.5 Å². The van der Waals surface area contributed by atoms with Crippen molar-refractivity contribution < 1.29 is 24.6 Å². The van der Waals surface area contributed by atoms with Crippen LogP contribution in [-0.2, 0) is 0 Å². The molecule has 0 fully saturated rings. The molecule has 0 heterocycles. The van der Waals surface area contributed by atoms with Crippen LogP contribution < -0.4 is 15.6 Å². The van der Waals surface area contributed by atoms with Gasteiger partial charge in [-0.25, -0.2) is 10.9 Å². The van der Waals surface area contributed by atoms with Crippen molar-refractivity contribution in [3.63, 3.8) is 0 Å². The van der Waals surface area contributed by atoms with Crippen LogP contribution in [0.3, 0.4) is 0 Å². The van der Waals surface area contributed by atoms with Gasteiger partial charge in [-0.15, -0.1) is 0 Å². The number of hydroxylamine groups is 1. The molecule has 0 saturated heterocycles. The van der Waals surface area contributed by atoms with Gasteiger partial charge in [0.15, 0.2) is 11.5 Å². The number of hydrazone groups is 1. The van der Waals surface area contributed by atoms with E-state index in [0.717, 1.165) is 0 Å². The van der Waals surface area contributed by atoms with Crippen LogP contribution in [0.1, 0.15) is 33.2 Å². The van der Waals surface area contributed by atoms with Gasteiger partial charge in [0, 0.05) is 11.1 Å². The van der Waals surface area contributed by atoms with Crippen LogP contribution in [0.15, 0.2) is 47.6 Å². The Bertz CT molecular complexity index is 787. The number of carbonyl (C=O) groups is 2. The molecule has 0 atom stereocenters. The molecule has 0 saturated carbocycles. The predicted molar refractivity (Wildman–Crippen MR) is 90.0 cm³/mol. The van der Waals surface area contributed by atoms with Gasteiger partial charge in [0.25, 0.3) is 11.8 Å². The topological polar surface area (TPSA) is 120 Å². The lowest BCUT2D eigenvalue weighted by Crippen LogP contribution is -2.20. The highest BCUT2D eigenvalue weighted by Gasteiger charge is 2.07. The monoisotopic (exact) mass is 343 g/mol. The van der Waals surface area contributed by atoms with Gasteiger partial charge >= 0.3 is 0 Å². The van der Waals surface area contributed by atoms with Gasteiger partial charge in [-0.1, -0.05) is 0 Å². The molecule has 0 radical (unpaired) electrons. The van der Waals surface area contributed by atoms with E-state index >= 15 is 0 Å². The first kappa shape index (κ1) is 18.0. The Hall–Kier alpha value is -3.39. The summed E-state index contributed by atoms with van der Waals surface area (Å²) < 4.78 is 5.26. The summed E-state index contributed by atoms with van der Waals surface area (Å²) in [6, 6.07) is 10.4. The van der Waals surface area contributed by atoms with Crippen LogP contribution in [0.4, 0.5) is 0 Å². The second-order valence-electron chi connectivity index (χ2n) is 4.88. The van der Waals surface area contributed by atoms with Gasteiger partial charge in [-0.05, 0) is 55.0 Å². The zero-order valence-electron chi connectivity index (χ0n) is 13.4. The van der Waals surface area contributed by atoms with E-state index in [1.807, 2.05) is 0 Å². The van der Waals surface area contributed by atoms with Crippen LogP contribution >= 0.6 is 0 Å². The molecule has 4 N–H and O–H groups in total. The molecule has 8 heteroatoms. The number of phenols is 1. The molecule has 130 valence electrons. The molecule has 2 rings (SSSR count). The van der Waals surface area contributed by atoms with E-state index in [9.17, 15) is 14.7 Å². The first-order chi connectivity index (χ1) is 12.0. The summed E-state index contributed by atoms with van der Waals surface area (Å²) in [7, 11) is 0. The lowest BCUT2D eigenvalue weighted by atomic mass is 10.1. The van der Waals surface area contributed by atoms with E-state index in [4.69, 9.17) is 9.94 Å². The third-order valence-electron chi connectivity index (χ3n) is 3.17. The average molecular weight is 343 g/mol. The van der Waals surface area contributed by atoms with Crippen molar-refractivity contribution in [3.05, 3.63) is 59.2 Å². The second kappa shape index (κ2) is 8.46. The quantitative estimate of drug-likeness (QED) is 0.361. The summed E-state index contributed by atoms with van der Waals surface area (Å²) >= 11 is 0.